The van der Waals surface area contributed by atoms with Crippen molar-refractivity contribution in [2.24, 2.45) is 0 Å². The highest BCUT2D eigenvalue weighted by Crippen LogP contribution is 2.29. The number of carbonyl (C=O) groups excluding carboxylic acids is 1. The molecule has 0 aliphatic rings. The summed E-state index contributed by atoms with van der Waals surface area (Å²) in [6, 6.07) is 15.7. The third kappa shape index (κ3) is 5.61. The Labute approximate surface area is 229 Å². The van der Waals surface area contributed by atoms with Gasteiger partial charge in [-0.05, 0) is 36.8 Å². The van der Waals surface area contributed by atoms with Crippen LogP contribution in [-0.2, 0) is 23.1 Å². The molecule has 0 saturated heterocycles. The first-order chi connectivity index (χ1) is 19.0. The third-order valence-corrected chi connectivity index (χ3v) is 6.43. The van der Waals surface area contributed by atoms with Gasteiger partial charge in [0.05, 0.1) is 17.1 Å². The fourth-order valence-electron chi connectivity index (χ4n) is 4.22. The summed E-state index contributed by atoms with van der Waals surface area (Å²) in [6.45, 7) is 8.21. The van der Waals surface area contributed by atoms with E-state index in [0.29, 0.717) is 0 Å². The lowest BCUT2D eigenvalue weighted by molar-refractivity contribution is -0.117. The maximum Gasteiger partial charge on any atom is 0.292 e. The number of Topliss-reactive ketones (excluding diaryl/α,β-unsaturated/α-hetero) is 1. The average molecular weight is 541 g/mol. The van der Waals surface area contributed by atoms with Gasteiger partial charge in [0.15, 0.2) is 22.7 Å². The van der Waals surface area contributed by atoms with Crippen molar-refractivity contribution in [3.63, 3.8) is 0 Å². The highest BCUT2D eigenvalue weighted by atomic mass is 19.1. The number of carbonyl (C=O) groups is 1. The van der Waals surface area contributed by atoms with Gasteiger partial charge in [-0.15, -0.1) is 0 Å². The van der Waals surface area contributed by atoms with E-state index < -0.39 is 11.4 Å². The Morgan fingerprint density at radius 1 is 1.07 bits per heavy atom. The van der Waals surface area contributed by atoms with Crippen LogP contribution >= 0.6 is 0 Å². The minimum Gasteiger partial charge on any atom is -0.455 e. The maximum atomic E-state index is 15.1. The number of anilines is 1. The summed E-state index contributed by atoms with van der Waals surface area (Å²) in [6.07, 6.45) is 1.44. The molecule has 0 spiro atoms. The van der Waals surface area contributed by atoms with Crippen molar-refractivity contribution in [2.75, 3.05) is 5.73 Å². The summed E-state index contributed by atoms with van der Waals surface area (Å²) in [5.74, 6) is -0.517. The van der Waals surface area contributed by atoms with Gasteiger partial charge in [-0.1, -0.05) is 44.5 Å². The van der Waals surface area contributed by atoms with Gasteiger partial charge in [-0.3, -0.25) is 9.59 Å². The first-order valence-electron chi connectivity index (χ1n) is 12.8. The van der Waals surface area contributed by atoms with Crippen LogP contribution in [-0.4, -0.2) is 30.5 Å². The number of nitrogens with zero attached hydrogens (tertiary/aromatic N) is 4. The second kappa shape index (κ2) is 10.4. The lowest BCUT2D eigenvalue weighted by Gasteiger charge is -2.14. The van der Waals surface area contributed by atoms with Crippen molar-refractivity contribution in [2.45, 2.75) is 46.0 Å². The van der Waals surface area contributed by atoms with E-state index >= 15 is 4.39 Å². The van der Waals surface area contributed by atoms with Crippen LogP contribution in [0.2, 0.25) is 0 Å². The van der Waals surface area contributed by atoms with Gasteiger partial charge >= 0.3 is 0 Å². The summed E-state index contributed by atoms with van der Waals surface area (Å²) in [5.41, 5.74) is 9.14. The second-order valence-corrected chi connectivity index (χ2v) is 10.7. The molecule has 0 atom stereocenters. The Bertz CT molecular complexity index is 1780. The van der Waals surface area contributed by atoms with Crippen molar-refractivity contribution in [3.05, 3.63) is 99.5 Å². The summed E-state index contributed by atoms with van der Waals surface area (Å²) >= 11 is 0. The number of halogens is 1. The number of nitrogens with one attached hydrogen (secondary N) is 1. The molecular formula is C30H29FN6O3. The Kier molecular flexibility index (Phi) is 6.93. The Morgan fingerprint density at radius 2 is 1.82 bits per heavy atom. The number of rotatable bonds is 7. The van der Waals surface area contributed by atoms with Gasteiger partial charge in [0.2, 0.25) is 0 Å². The van der Waals surface area contributed by atoms with E-state index in [1.54, 1.807) is 10.7 Å². The largest absolute Gasteiger partial charge is 0.455 e. The van der Waals surface area contributed by atoms with E-state index in [2.05, 4.69) is 35.7 Å². The van der Waals surface area contributed by atoms with E-state index in [1.807, 2.05) is 37.3 Å². The van der Waals surface area contributed by atoms with Gasteiger partial charge in [-0.2, -0.15) is 5.10 Å². The number of hydrogen-bond acceptors (Lipinski definition) is 7. The van der Waals surface area contributed by atoms with Gasteiger partial charge in [-0.25, -0.2) is 19.0 Å². The highest BCUT2D eigenvalue weighted by molar-refractivity contribution is 5.83. The molecule has 0 bridgehead atoms. The van der Waals surface area contributed by atoms with Crippen LogP contribution in [0.1, 0.15) is 43.3 Å². The van der Waals surface area contributed by atoms with Crippen LogP contribution in [0.15, 0.2) is 65.6 Å². The summed E-state index contributed by atoms with van der Waals surface area (Å²) < 4.78 is 22.7. The van der Waals surface area contributed by atoms with Crippen molar-refractivity contribution in [1.29, 1.82) is 0 Å². The minimum absolute atomic E-state index is 0.0897. The predicted octanol–water partition coefficient (Wildman–Crippen LogP) is 4.98. The number of H-pyrrole nitrogens is 1. The lowest BCUT2D eigenvalue weighted by Crippen LogP contribution is -2.14. The molecule has 204 valence electrons. The number of nitrogen functional groups attached to an aromatic ring is 1. The number of ketones is 1. The molecule has 3 N–H and O–H groups in total. The molecule has 10 heteroatoms. The van der Waals surface area contributed by atoms with E-state index in [-0.39, 0.29) is 58.1 Å². The topological polar surface area (TPSA) is 129 Å². The smallest absolute Gasteiger partial charge is 0.292 e. The number of benzene rings is 2. The molecule has 2 aromatic carbocycles. The molecule has 0 radical (unpaired) electrons. The number of ether oxygens (including phenoxy) is 1. The standard InChI is InChI=1S/C30H29FN6O3/c1-17-5-8-19(9-6-17)37-20(15-25(36-37)30(2,3)4)14-21(38)13-18-7-10-22(16-23(18)31)40-24-11-12-33-28-26(24)34-27(32)29(39)35-28/h5-12,15-16H,13-14H2,1-4H3,(H2,32,34)(H,33,35,39). The summed E-state index contributed by atoms with van der Waals surface area (Å²) in [5, 5.41) is 4.78. The number of aromatic nitrogens is 5. The fraction of sp³-hybridized carbons (Fsp3) is 0.233. The van der Waals surface area contributed by atoms with E-state index in [9.17, 15) is 9.59 Å². The molecule has 0 amide bonds. The van der Waals surface area contributed by atoms with Crippen LogP contribution in [0.25, 0.3) is 16.9 Å². The normalized spacial score (nSPS) is 11.6. The zero-order valence-electron chi connectivity index (χ0n) is 22.7. The highest BCUT2D eigenvalue weighted by Gasteiger charge is 2.22. The molecular weight excluding hydrogens is 511 g/mol. The molecule has 0 unspecified atom stereocenters. The summed E-state index contributed by atoms with van der Waals surface area (Å²) in [4.78, 5) is 35.5. The zero-order valence-corrected chi connectivity index (χ0v) is 22.7. The van der Waals surface area contributed by atoms with Crippen LogP contribution < -0.4 is 16.0 Å². The quantitative estimate of drug-likeness (QED) is 0.298. The van der Waals surface area contributed by atoms with E-state index in [4.69, 9.17) is 15.6 Å². The van der Waals surface area contributed by atoms with Gasteiger partial charge in [0.25, 0.3) is 5.56 Å². The number of nitrogens with two attached hydrogens (primary N) is 1. The number of hydrogen-bond donors (Lipinski definition) is 2. The predicted molar refractivity (Wildman–Crippen MR) is 150 cm³/mol. The lowest BCUT2D eigenvalue weighted by atomic mass is 9.92. The molecule has 0 saturated carbocycles. The zero-order chi connectivity index (χ0) is 28.6. The van der Waals surface area contributed by atoms with Crippen LogP contribution in [0.3, 0.4) is 0 Å². The van der Waals surface area contributed by atoms with Gasteiger partial charge in [0.1, 0.15) is 17.3 Å². The molecule has 0 aliphatic carbocycles. The van der Waals surface area contributed by atoms with Crippen molar-refractivity contribution < 1.29 is 13.9 Å². The van der Waals surface area contributed by atoms with E-state index in [0.717, 1.165) is 22.6 Å². The SMILES string of the molecule is Cc1ccc(-n2nc(C(C)(C)C)cc2CC(=O)Cc2ccc(Oc3ccnc4[nH]c(=O)c(N)nc34)cc2F)cc1. The molecule has 9 nitrogen and oxygen atoms in total. The first kappa shape index (κ1) is 26.7. The van der Waals surface area contributed by atoms with Crippen LogP contribution in [0, 0.1) is 12.7 Å². The van der Waals surface area contributed by atoms with E-state index in [1.165, 1.54) is 24.4 Å². The minimum atomic E-state index is -0.576. The Balaban J connectivity index is 1.35. The summed E-state index contributed by atoms with van der Waals surface area (Å²) in [7, 11) is 0. The van der Waals surface area contributed by atoms with Crippen LogP contribution in [0.5, 0.6) is 11.5 Å². The molecule has 40 heavy (non-hydrogen) atoms. The number of aromatic amines is 1. The maximum absolute atomic E-state index is 15.1. The van der Waals surface area contributed by atoms with Gasteiger partial charge in [0, 0.05) is 36.6 Å². The Hall–Kier alpha value is -4.86. The van der Waals surface area contributed by atoms with Crippen LogP contribution in [0.4, 0.5) is 10.2 Å². The molecule has 5 rings (SSSR count). The molecule has 5 aromatic rings. The molecule has 0 fully saturated rings. The van der Waals surface area contributed by atoms with Crippen molar-refractivity contribution >= 4 is 22.8 Å². The second-order valence-electron chi connectivity index (χ2n) is 10.7. The first-order valence-corrected chi connectivity index (χ1v) is 12.8. The monoisotopic (exact) mass is 540 g/mol. The molecule has 0 aliphatic heterocycles. The number of fused-ring (bicyclic) bond motifs is 1. The van der Waals surface area contributed by atoms with Gasteiger partial charge < -0.3 is 15.5 Å². The van der Waals surface area contributed by atoms with Crippen molar-refractivity contribution in [3.8, 4) is 17.2 Å². The third-order valence-electron chi connectivity index (χ3n) is 6.43. The number of aryl methyl sites for hydroxylation is 1. The van der Waals surface area contributed by atoms with Crippen molar-refractivity contribution in [1.82, 2.24) is 24.7 Å². The molecule has 3 aromatic heterocycles. The number of pyridine rings is 1. The Morgan fingerprint density at radius 3 is 2.52 bits per heavy atom. The fourth-order valence-corrected chi connectivity index (χ4v) is 4.22. The molecule has 3 heterocycles. The average Bonchev–Trinajstić information content (AvgIpc) is 3.31.